The Morgan fingerprint density at radius 2 is 2.12 bits per heavy atom. The average molecular weight is 462 g/mol. The lowest BCUT2D eigenvalue weighted by Crippen LogP contribution is -2.70. The minimum Gasteiger partial charge on any atom is -0.477 e. The van der Waals surface area contributed by atoms with Crippen molar-refractivity contribution < 1.29 is 24.0 Å². The maximum Gasteiger partial charge on any atom is 0.353 e. The van der Waals surface area contributed by atoms with Crippen LogP contribution in [0.5, 0.6) is 0 Å². The Balaban J connectivity index is 1.64. The van der Waals surface area contributed by atoms with Gasteiger partial charge in [0.2, 0.25) is 5.91 Å². The highest BCUT2D eigenvalue weighted by Gasteiger charge is 2.54. The molecule has 140 valence electrons. The molecule has 2 N–H and O–H groups in total. The Morgan fingerprint density at radius 3 is 2.69 bits per heavy atom. The van der Waals surface area contributed by atoms with Gasteiger partial charge in [0.1, 0.15) is 17.1 Å². The van der Waals surface area contributed by atoms with Gasteiger partial charge in [0.15, 0.2) is 5.82 Å². The first-order valence-corrected chi connectivity index (χ1v) is 9.41. The molecule has 0 spiro atoms. The Morgan fingerprint density at radius 1 is 1.42 bits per heavy atom. The number of carbonyl (C=O) groups excluding carboxylic acids is 2. The second-order valence-electron chi connectivity index (χ2n) is 5.20. The number of rotatable bonds is 4. The van der Waals surface area contributed by atoms with Crippen molar-refractivity contribution in [1.82, 2.24) is 20.4 Å². The third-order valence-electron chi connectivity index (χ3n) is 3.47. The van der Waals surface area contributed by atoms with Gasteiger partial charge < -0.3 is 14.9 Å². The molecule has 1 fully saturated rings. The van der Waals surface area contributed by atoms with E-state index in [1.54, 1.807) is 0 Å². The fourth-order valence-electron chi connectivity index (χ4n) is 2.39. The fourth-order valence-corrected chi connectivity index (χ4v) is 4.17. The molecule has 0 unspecified atom stereocenters. The van der Waals surface area contributed by atoms with Crippen LogP contribution in [0.1, 0.15) is 11.7 Å². The topological polar surface area (TPSA) is 126 Å². The van der Waals surface area contributed by atoms with Gasteiger partial charge in [-0.1, -0.05) is 51.6 Å². The van der Waals surface area contributed by atoms with Crippen LogP contribution < -0.4 is 5.32 Å². The second-order valence-corrected chi connectivity index (χ2v) is 9.05. The van der Waals surface area contributed by atoms with Crippen LogP contribution in [0.2, 0.25) is 0 Å². The summed E-state index contributed by atoms with van der Waals surface area (Å²) in [7, 11) is 0. The van der Waals surface area contributed by atoms with E-state index in [0.29, 0.717) is 0 Å². The van der Waals surface area contributed by atoms with E-state index < -0.39 is 33.0 Å². The highest BCUT2D eigenvalue weighted by molar-refractivity contribution is 8.00. The van der Waals surface area contributed by atoms with Gasteiger partial charge in [0.05, 0.1) is 11.5 Å². The van der Waals surface area contributed by atoms with Crippen molar-refractivity contribution >= 4 is 75.9 Å². The van der Waals surface area contributed by atoms with Gasteiger partial charge in [-0.2, -0.15) is 4.98 Å². The SMILES string of the molecule is O=C(Cc1noc(C(Cl)(Cl)Cl)n1)N[C@@H]1C(=O)N2C(C(=O)O)=C(Cl)CS[C@H]12. The first kappa shape index (κ1) is 19.6. The first-order valence-electron chi connectivity index (χ1n) is 6.85. The number of aliphatic carboxylic acids is 1. The molecule has 26 heavy (non-hydrogen) atoms. The van der Waals surface area contributed by atoms with Gasteiger partial charge in [0.25, 0.3) is 15.6 Å². The molecule has 0 aromatic carbocycles. The van der Waals surface area contributed by atoms with Crippen LogP contribution in [-0.4, -0.2) is 55.1 Å². The highest BCUT2D eigenvalue weighted by Crippen LogP contribution is 2.41. The summed E-state index contributed by atoms with van der Waals surface area (Å²) in [5.41, 5.74) is -0.267. The molecule has 9 nitrogen and oxygen atoms in total. The van der Waals surface area contributed by atoms with Crippen molar-refractivity contribution in [3.05, 3.63) is 22.4 Å². The lowest BCUT2D eigenvalue weighted by atomic mass is 10.0. The number of thioether (sulfide) groups is 1. The van der Waals surface area contributed by atoms with Crippen LogP contribution in [0.15, 0.2) is 15.3 Å². The molecule has 14 heteroatoms. The molecule has 3 rings (SSSR count). The third-order valence-corrected chi connectivity index (χ3v) is 5.71. The van der Waals surface area contributed by atoms with Crippen LogP contribution in [-0.2, 0) is 24.6 Å². The molecule has 2 aliphatic heterocycles. The van der Waals surface area contributed by atoms with E-state index in [-0.39, 0.29) is 34.6 Å². The van der Waals surface area contributed by atoms with Crippen molar-refractivity contribution in [3.8, 4) is 0 Å². The normalized spacial score (nSPS) is 22.8. The molecule has 2 amide bonds. The number of carbonyl (C=O) groups is 3. The quantitative estimate of drug-likeness (QED) is 0.508. The summed E-state index contributed by atoms with van der Waals surface area (Å²) in [5.74, 6) is -2.53. The van der Waals surface area contributed by atoms with Gasteiger partial charge in [-0.25, -0.2) is 4.79 Å². The molecule has 0 saturated carbocycles. The molecule has 1 saturated heterocycles. The highest BCUT2D eigenvalue weighted by atomic mass is 35.6. The summed E-state index contributed by atoms with van der Waals surface area (Å²) in [6.45, 7) is 0. The van der Waals surface area contributed by atoms with Crippen LogP contribution in [0.4, 0.5) is 0 Å². The molecule has 1 aromatic rings. The maximum atomic E-state index is 12.2. The van der Waals surface area contributed by atoms with E-state index in [0.717, 1.165) is 4.90 Å². The van der Waals surface area contributed by atoms with Crippen LogP contribution in [0.3, 0.4) is 0 Å². The predicted molar refractivity (Wildman–Crippen MR) is 92.8 cm³/mol. The number of aromatic nitrogens is 2. The third kappa shape index (κ3) is 3.61. The zero-order valence-corrected chi connectivity index (χ0v) is 16.3. The number of nitrogens with one attached hydrogen (secondary N) is 1. The Bertz CT molecular complexity index is 823. The van der Waals surface area contributed by atoms with E-state index in [1.165, 1.54) is 11.8 Å². The van der Waals surface area contributed by atoms with Crippen molar-refractivity contribution in [3.63, 3.8) is 0 Å². The Kier molecular flexibility index (Phi) is 5.33. The van der Waals surface area contributed by atoms with Crippen molar-refractivity contribution in [2.24, 2.45) is 0 Å². The summed E-state index contributed by atoms with van der Waals surface area (Å²) in [5, 5.41) is 14.7. The molecule has 0 aliphatic carbocycles. The lowest BCUT2D eigenvalue weighted by Gasteiger charge is -2.48. The van der Waals surface area contributed by atoms with Gasteiger partial charge in [-0.3, -0.25) is 14.5 Å². The zero-order valence-electron chi connectivity index (χ0n) is 12.4. The minimum atomic E-state index is -1.91. The summed E-state index contributed by atoms with van der Waals surface area (Å²) in [4.78, 5) is 40.4. The Labute approximate surface area is 169 Å². The van der Waals surface area contributed by atoms with E-state index in [1.807, 2.05) is 0 Å². The van der Waals surface area contributed by atoms with Crippen molar-refractivity contribution in [2.75, 3.05) is 5.75 Å². The number of amides is 2. The number of nitrogens with zero attached hydrogens (tertiary/aromatic N) is 3. The Hall–Kier alpha value is -1.20. The van der Waals surface area contributed by atoms with Crippen LogP contribution in [0, 0.1) is 0 Å². The molecule has 2 aliphatic rings. The molecule has 2 atom stereocenters. The predicted octanol–water partition coefficient (Wildman–Crippen LogP) is 1.37. The number of hydrogen-bond acceptors (Lipinski definition) is 7. The number of halogens is 4. The average Bonchev–Trinajstić information content (AvgIpc) is 3.00. The van der Waals surface area contributed by atoms with Crippen molar-refractivity contribution in [2.45, 2.75) is 21.6 Å². The fraction of sp³-hybridized carbons (Fsp3) is 0.417. The van der Waals surface area contributed by atoms with E-state index >= 15 is 0 Å². The largest absolute Gasteiger partial charge is 0.477 e. The molecule has 0 radical (unpaired) electrons. The summed E-state index contributed by atoms with van der Waals surface area (Å²) in [6.07, 6.45) is -0.312. The lowest BCUT2D eigenvalue weighted by molar-refractivity contribution is -0.150. The van der Waals surface area contributed by atoms with Gasteiger partial charge in [-0.05, 0) is 0 Å². The minimum absolute atomic E-state index is 0.0297. The van der Waals surface area contributed by atoms with E-state index in [9.17, 15) is 19.5 Å². The number of fused-ring (bicyclic) bond motifs is 1. The number of alkyl halides is 3. The number of hydrogen-bond donors (Lipinski definition) is 2. The van der Waals surface area contributed by atoms with E-state index in [4.69, 9.17) is 50.9 Å². The number of β-lactam (4-membered cyclic amide) rings is 1. The molecular formula is C12H8Cl4N4O5S. The molecule has 0 bridgehead atoms. The first-order chi connectivity index (χ1) is 12.1. The monoisotopic (exact) mass is 460 g/mol. The standard InChI is InChI=1S/C12H8Cl4N4O5S/c13-3-2-26-9-6(8(22)20(9)7(3)10(23)24)18-5(21)1-4-17-11(25-19-4)12(14,15)16/h6,9H,1-2H2,(H,18,21)(H,23,24)/t6-,9-/m1/s1. The number of carboxylic acids is 1. The zero-order chi connectivity index (χ0) is 19.2. The van der Waals surface area contributed by atoms with Crippen LogP contribution >= 0.6 is 58.2 Å². The summed E-state index contributed by atoms with van der Waals surface area (Å²) >= 11 is 23.9. The van der Waals surface area contributed by atoms with Crippen LogP contribution in [0.25, 0.3) is 0 Å². The van der Waals surface area contributed by atoms with Gasteiger partial charge >= 0.3 is 5.97 Å². The van der Waals surface area contributed by atoms with Gasteiger partial charge in [-0.15, -0.1) is 11.8 Å². The molecule has 3 heterocycles. The summed E-state index contributed by atoms with van der Waals surface area (Å²) < 4.78 is 2.82. The number of carboxylic acid groups (broad SMARTS) is 1. The molecule has 1 aromatic heterocycles. The maximum absolute atomic E-state index is 12.2. The van der Waals surface area contributed by atoms with Crippen molar-refractivity contribution in [1.29, 1.82) is 0 Å². The van der Waals surface area contributed by atoms with Gasteiger partial charge in [0, 0.05) is 5.75 Å². The molecular weight excluding hydrogens is 454 g/mol. The summed E-state index contributed by atoms with van der Waals surface area (Å²) in [6, 6.07) is -0.883. The van der Waals surface area contributed by atoms with E-state index in [2.05, 4.69) is 15.5 Å². The second kappa shape index (κ2) is 7.08. The smallest absolute Gasteiger partial charge is 0.353 e.